The fourth-order valence-electron chi connectivity index (χ4n) is 3.74. The highest BCUT2D eigenvalue weighted by Gasteiger charge is 2.31. The van der Waals surface area contributed by atoms with Gasteiger partial charge in [0.15, 0.2) is 11.5 Å². The van der Waals surface area contributed by atoms with Crippen LogP contribution in [0.1, 0.15) is 41.4 Å². The van der Waals surface area contributed by atoms with Crippen molar-refractivity contribution in [1.29, 1.82) is 0 Å². The fourth-order valence-corrected chi connectivity index (χ4v) is 3.74. The molecule has 2 N–H and O–H groups in total. The Balaban J connectivity index is 1.62. The highest BCUT2D eigenvalue weighted by molar-refractivity contribution is 5.97. The van der Waals surface area contributed by atoms with E-state index < -0.39 is 35.7 Å². The molecular formula is C25H20F5N5O3. The fraction of sp³-hybridized carbons (Fsp3) is 0.200. The maximum Gasteiger partial charge on any atom is 0.573 e. The Labute approximate surface area is 212 Å². The van der Waals surface area contributed by atoms with Crippen molar-refractivity contribution < 1.29 is 36.3 Å². The third kappa shape index (κ3) is 5.88. The molecule has 0 saturated heterocycles. The summed E-state index contributed by atoms with van der Waals surface area (Å²) in [4.78, 5) is 28.5. The second kappa shape index (κ2) is 10.1. The van der Waals surface area contributed by atoms with Crippen LogP contribution in [0.3, 0.4) is 0 Å². The number of hydrogen-bond acceptors (Lipinski definition) is 5. The largest absolute Gasteiger partial charge is 0.573 e. The first-order chi connectivity index (χ1) is 17.8. The molecule has 1 atom stereocenters. The first-order valence-electron chi connectivity index (χ1n) is 11.1. The molecule has 198 valence electrons. The van der Waals surface area contributed by atoms with Crippen molar-refractivity contribution in [3.63, 3.8) is 0 Å². The van der Waals surface area contributed by atoms with Crippen LogP contribution in [0.25, 0.3) is 16.9 Å². The van der Waals surface area contributed by atoms with E-state index in [1.54, 1.807) is 12.1 Å². The van der Waals surface area contributed by atoms with E-state index in [4.69, 9.17) is 0 Å². The highest BCUT2D eigenvalue weighted by atomic mass is 19.4. The number of ether oxygens (including phenoxy) is 1. The van der Waals surface area contributed by atoms with Gasteiger partial charge in [-0.1, -0.05) is 0 Å². The van der Waals surface area contributed by atoms with Crippen LogP contribution in [0.4, 0.5) is 27.8 Å². The Kier molecular flexibility index (Phi) is 7.03. The minimum atomic E-state index is -4.98. The molecule has 2 aromatic carbocycles. The lowest BCUT2D eigenvalue weighted by Gasteiger charge is -2.18. The maximum atomic E-state index is 14.8. The van der Waals surface area contributed by atoms with Crippen LogP contribution in [0, 0.1) is 18.6 Å². The second-order valence-corrected chi connectivity index (χ2v) is 8.39. The molecular weight excluding hydrogens is 513 g/mol. The lowest BCUT2D eigenvalue weighted by molar-refractivity contribution is -0.274. The molecule has 0 aliphatic rings. The number of halogens is 5. The minimum absolute atomic E-state index is 0.00438. The van der Waals surface area contributed by atoms with Crippen LogP contribution in [0.15, 0.2) is 48.7 Å². The molecule has 2 aromatic heterocycles. The van der Waals surface area contributed by atoms with E-state index in [0.717, 1.165) is 18.2 Å². The molecule has 0 aliphatic carbocycles. The normalized spacial score (nSPS) is 12.3. The number of alkyl halides is 3. The van der Waals surface area contributed by atoms with E-state index in [1.807, 2.05) is 0 Å². The summed E-state index contributed by atoms with van der Waals surface area (Å²) in [6, 6.07) is 7.07. The number of amides is 2. The van der Waals surface area contributed by atoms with Gasteiger partial charge in [-0.2, -0.15) is 5.10 Å². The molecule has 13 heteroatoms. The number of aromatic nitrogens is 3. The first kappa shape index (κ1) is 26.5. The van der Waals surface area contributed by atoms with Crippen LogP contribution >= 0.6 is 0 Å². The molecule has 2 amide bonds. The van der Waals surface area contributed by atoms with Crippen molar-refractivity contribution in [1.82, 2.24) is 19.9 Å². The topological polar surface area (TPSA) is 97.6 Å². The summed E-state index contributed by atoms with van der Waals surface area (Å²) < 4.78 is 72.0. The number of carbonyl (C=O) groups excluding carboxylic acids is 2. The summed E-state index contributed by atoms with van der Waals surface area (Å²) in [5.41, 5.74) is 0.612. The number of benzene rings is 2. The molecule has 0 saturated carbocycles. The molecule has 0 radical (unpaired) electrons. The van der Waals surface area contributed by atoms with E-state index in [-0.39, 0.29) is 39.7 Å². The quantitative estimate of drug-likeness (QED) is 0.327. The zero-order chi connectivity index (χ0) is 27.8. The first-order valence-corrected chi connectivity index (χ1v) is 11.1. The van der Waals surface area contributed by atoms with Gasteiger partial charge in [-0.05, 0) is 61.9 Å². The van der Waals surface area contributed by atoms with E-state index in [0.29, 0.717) is 5.65 Å². The van der Waals surface area contributed by atoms with Gasteiger partial charge in [0.1, 0.15) is 17.4 Å². The number of carbonyl (C=O) groups is 2. The third-order valence-corrected chi connectivity index (χ3v) is 5.52. The molecule has 0 bridgehead atoms. The zero-order valence-corrected chi connectivity index (χ0v) is 20.2. The average Bonchev–Trinajstić information content (AvgIpc) is 3.21. The summed E-state index contributed by atoms with van der Waals surface area (Å²) >= 11 is 0. The van der Waals surface area contributed by atoms with Gasteiger partial charge < -0.3 is 15.4 Å². The SMILES string of the molecule is CC(=O)Nc1cn2nc(-c3cc(F)c(C)c(C(=O)N[C@@H](C)c4cc(OC(F)(F)F)ccc4F)c3)ccc2n1. The predicted octanol–water partition coefficient (Wildman–Crippen LogP) is 5.33. The Bertz CT molecular complexity index is 1550. The number of hydrogen-bond donors (Lipinski definition) is 2. The summed E-state index contributed by atoms with van der Waals surface area (Å²) in [5, 5.41) is 9.37. The van der Waals surface area contributed by atoms with Gasteiger partial charge in [0, 0.05) is 23.6 Å². The van der Waals surface area contributed by atoms with Gasteiger partial charge in [-0.15, -0.1) is 13.2 Å². The van der Waals surface area contributed by atoms with Gasteiger partial charge in [0.05, 0.1) is 17.9 Å². The predicted molar refractivity (Wildman–Crippen MR) is 126 cm³/mol. The Morgan fingerprint density at radius 1 is 1.05 bits per heavy atom. The van der Waals surface area contributed by atoms with Crippen LogP contribution in [-0.4, -0.2) is 32.8 Å². The molecule has 0 aliphatic heterocycles. The van der Waals surface area contributed by atoms with E-state index in [2.05, 4.69) is 25.5 Å². The summed E-state index contributed by atoms with van der Waals surface area (Å²) in [7, 11) is 0. The summed E-state index contributed by atoms with van der Waals surface area (Å²) in [6.07, 6.45) is -3.51. The minimum Gasteiger partial charge on any atom is -0.406 e. The van der Waals surface area contributed by atoms with Crippen molar-refractivity contribution in [2.24, 2.45) is 0 Å². The lowest BCUT2D eigenvalue weighted by atomic mass is 10.0. The zero-order valence-electron chi connectivity index (χ0n) is 20.2. The van der Waals surface area contributed by atoms with Crippen LogP contribution in [0.2, 0.25) is 0 Å². The van der Waals surface area contributed by atoms with Gasteiger partial charge in [0.25, 0.3) is 5.91 Å². The van der Waals surface area contributed by atoms with Crippen LogP contribution in [-0.2, 0) is 4.79 Å². The van der Waals surface area contributed by atoms with Gasteiger partial charge in [0.2, 0.25) is 5.91 Å². The average molecular weight is 533 g/mol. The van der Waals surface area contributed by atoms with Crippen LogP contribution in [0.5, 0.6) is 5.75 Å². The standard InChI is InChI=1S/C25H20F5N5O3/c1-12-17(24(37)31-13(2)18-10-16(4-5-19(18)26)38-25(28,29)30)8-15(9-20(12)27)21-6-7-23-33-22(32-14(3)36)11-35(23)34-21/h4-11,13H,1-3H3,(H,31,37)(H,32,36)/t13-/m0/s1. The molecule has 0 fully saturated rings. The molecule has 4 rings (SSSR count). The molecule has 8 nitrogen and oxygen atoms in total. The monoisotopic (exact) mass is 533 g/mol. The molecule has 0 unspecified atom stereocenters. The van der Waals surface area contributed by atoms with Crippen molar-refractivity contribution in [3.8, 4) is 17.0 Å². The van der Waals surface area contributed by atoms with Crippen molar-refractivity contribution in [3.05, 3.63) is 77.0 Å². The highest BCUT2D eigenvalue weighted by Crippen LogP contribution is 2.29. The molecule has 38 heavy (non-hydrogen) atoms. The third-order valence-electron chi connectivity index (χ3n) is 5.52. The molecule has 2 heterocycles. The van der Waals surface area contributed by atoms with Crippen molar-refractivity contribution in [2.45, 2.75) is 33.2 Å². The summed E-state index contributed by atoms with van der Waals surface area (Å²) in [6.45, 7) is 4.07. The number of rotatable bonds is 6. The Morgan fingerprint density at radius 3 is 2.47 bits per heavy atom. The number of nitrogens with zero attached hydrogens (tertiary/aromatic N) is 3. The summed E-state index contributed by atoms with van der Waals surface area (Å²) in [5.74, 6) is -3.06. The maximum absolute atomic E-state index is 14.8. The van der Waals surface area contributed by atoms with E-state index in [1.165, 1.54) is 43.6 Å². The van der Waals surface area contributed by atoms with Crippen molar-refractivity contribution >= 4 is 23.3 Å². The second-order valence-electron chi connectivity index (χ2n) is 8.39. The van der Waals surface area contributed by atoms with Gasteiger partial charge in [-0.25, -0.2) is 18.3 Å². The van der Waals surface area contributed by atoms with Crippen molar-refractivity contribution in [2.75, 3.05) is 5.32 Å². The Hall–Kier alpha value is -4.55. The number of imidazole rings is 1. The molecule has 4 aromatic rings. The Morgan fingerprint density at radius 2 is 1.79 bits per heavy atom. The number of fused-ring (bicyclic) bond motifs is 1. The van der Waals surface area contributed by atoms with Crippen LogP contribution < -0.4 is 15.4 Å². The smallest absolute Gasteiger partial charge is 0.406 e. The molecule has 0 spiro atoms. The number of nitrogens with one attached hydrogen (secondary N) is 2. The lowest BCUT2D eigenvalue weighted by Crippen LogP contribution is -2.28. The van der Waals surface area contributed by atoms with Gasteiger partial charge >= 0.3 is 6.36 Å². The van der Waals surface area contributed by atoms with E-state index >= 15 is 0 Å². The van der Waals surface area contributed by atoms with E-state index in [9.17, 15) is 31.5 Å². The van der Waals surface area contributed by atoms with Gasteiger partial charge in [-0.3, -0.25) is 9.59 Å². The number of anilines is 1.